The summed E-state index contributed by atoms with van der Waals surface area (Å²) in [7, 11) is 0. The summed E-state index contributed by atoms with van der Waals surface area (Å²) in [4.78, 5) is 16.3. The number of halogens is 1. The fourth-order valence-corrected chi connectivity index (χ4v) is 2.98. The monoisotopic (exact) mass is 363 g/mol. The van der Waals surface area contributed by atoms with Gasteiger partial charge in [0.05, 0.1) is 12.5 Å². The molecule has 1 atom stereocenters. The fourth-order valence-electron chi connectivity index (χ4n) is 2.54. The molecule has 0 spiro atoms. The highest BCUT2D eigenvalue weighted by Crippen LogP contribution is 2.14. The van der Waals surface area contributed by atoms with Crippen molar-refractivity contribution in [2.45, 2.75) is 19.4 Å². The Morgan fingerprint density at radius 2 is 2.41 bits per heavy atom. The van der Waals surface area contributed by atoms with Crippen LogP contribution in [0, 0.1) is 5.92 Å². The zero-order chi connectivity index (χ0) is 15.4. The van der Waals surface area contributed by atoms with Gasteiger partial charge in [-0.05, 0) is 37.1 Å². The number of piperidine rings is 1. The van der Waals surface area contributed by atoms with Gasteiger partial charge in [-0.2, -0.15) is 0 Å². The van der Waals surface area contributed by atoms with Crippen LogP contribution in [-0.2, 0) is 11.3 Å². The fraction of sp³-hybridized carbons (Fsp3) is 0.400. The molecule has 1 saturated heterocycles. The molecule has 1 aliphatic rings. The van der Waals surface area contributed by atoms with Gasteiger partial charge in [0.2, 0.25) is 11.9 Å². The van der Waals surface area contributed by atoms with E-state index >= 15 is 0 Å². The van der Waals surface area contributed by atoms with Crippen LogP contribution in [0.25, 0.3) is 0 Å². The predicted octanol–water partition coefficient (Wildman–Crippen LogP) is 2.03. The Balaban J connectivity index is 1.60. The van der Waals surface area contributed by atoms with E-state index < -0.39 is 0 Å². The normalized spacial score (nSPS) is 18.1. The van der Waals surface area contributed by atoms with Crippen LogP contribution >= 0.6 is 15.9 Å². The van der Waals surface area contributed by atoms with Crippen LogP contribution in [0.3, 0.4) is 0 Å². The van der Waals surface area contributed by atoms with E-state index in [1.165, 1.54) is 0 Å². The van der Waals surface area contributed by atoms with E-state index in [0.717, 1.165) is 36.0 Å². The van der Waals surface area contributed by atoms with E-state index in [1.807, 2.05) is 24.3 Å². The van der Waals surface area contributed by atoms with Gasteiger partial charge >= 0.3 is 0 Å². The highest BCUT2D eigenvalue weighted by molar-refractivity contribution is 9.10. The second-order valence-corrected chi connectivity index (χ2v) is 6.34. The summed E-state index contributed by atoms with van der Waals surface area (Å²) in [5.41, 5.74) is 1.12. The van der Waals surface area contributed by atoms with Gasteiger partial charge in [0.15, 0.2) is 0 Å². The minimum Gasteiger partial charge on any atom is -0.316 e. The molecule has 3 rings (SSSR count). The van der Waals surface area contributed by atoms with Crippen LogP contribution in [0.2, 0.25) is 0 Å². The van der Waals surface area contributed by atoms with Gasteiger partial charge in [-0.15, -0.1) is 5.10 Å². The van der Waals surface area contributed by atoms with Gasteiger partial charge in [-0.25, -0.2) is 9.67 Å². The van der Waals surface area contributed by atoms with E-state index in [0.29, 0.717) is 12.5 Å². The Morgan fingerprint density at radius 3 is 3.18 bits per heavy atom. The van der Waals surface area contributed by atoms with Crippen LogP contribution < -0.4 is 10.6 Å². The lowest BCUT2D eigenvalue weighted by Crippen LogP contribution is -2.37. The molecule has 1 amide bonds. The van der Waals surface area contributed by atoms with Crippen molar-refractivity contribution in [3.63, 3.8) is 0 Å². The first kappa shape index (κ1) is 15.2. The van der Waals surface area contributed by atoms with Crippen molar-refractivity contribution in [2.75, 3.05) is 18.4 Å². The third-order valence-electron chi connectivity index (χ3n) is 3.67. The summed E-state index contributed by atoms with van der Waals surface area (Å²) >= 11 is 3.45. The molecule has 1 unspecified atom stereocenters. The second kappa shape index (κ2) is 7.02. The van der Waals surface area contributed by atoms with Crippen molar-refractivity contribution >= 4 is 27.8 Å². The molecule has 2 aromatic rings. The summed E-state index contributed by atoms with van der Waals surface area (Å²) in [5, 5.41) is 10.3. The number of amides is 1. The van der Waals surface area contributed by atoms with Crippen LogP contribution in [0.1, 0.15) is 18.4 Å². The Bertz CT molecular complexity index is 651. The van der Waals surface area contributed by atoms with Crippen LogP contribution in [0.5, 0.6) is 0 Å². The van der Waals surface area contributed by atoms with Gasteiger partial charge in [0.1, 0.15) is 6.33 Å². The average Bonchev–Trinajstić information content (AvgIpc) is 2.95. The lowest BCUT2D eigenvalue weighted by atomic mass is 9.99. The molecule has 7 heteroatoms. The molecule has 116 valence electrons. The number of nitrogens with one attached hydrogen (secondary N) is 2. The third-order valence-corrected chi connectivity index (χ3v) is 4.17. The van der Waals surface area contributed by atoms with Crippen molar-refractivity contribution in [3.8, 4) is 0 Å². The number of hydrogen-bond acceptors (Lipinski definition) is 4. The maximum absolute atomic E-state index is 12.1. The van der Waals surface area contributed by atoms with E-state index in [1.54, 1.807) is 11.0 Å². The molecule has 0 aliphatic carbocycles. The predicted molar refractivity (Wildman–Crippen MR) is 87.5 cm³/mol. The molecule has 2 heterocycles. The molecule has 0 saturated carbocycles. The van der Waals surface area contributed by atoms with Crippen molar-refractivity contribution in [1.82, 2.24) is 20.1 Å². The highest BCUT2D eigenvalue weighted by atomic mass is 79.9. The number of anilines is 1. The van der Waals surface area contributed by atoms with Gasteiger partial charge in [0, 0.05) is 11.0 Å². The van der Waals surface area contributed by atoms with Gasteiger partial charge < -0.3 is 5.32 Å². The van der Waals surface area contributed by atoms with Crippen molar-refractivity contribution in [3.05, 3.63) is 40.6 Å². The number of hydrogen-bond donors (Lipinski definition) is 2. The Labute approximate surface area is 137 Å². The van der Waals surface area contributed by atoms with Crippen molar-refractivity contribution in [1.29, 1.82) is 0 Å². The molecular weight excluding hydrogens is 346 g/mol. The molecular formula is C15H18BrN5O. The van der Waals surface area contributed by atoms with Crippen molar-refractivity contribution in [2.24, 2.45) is 5.92 Å². The minimum absolute atomic E-state index is 0.00535. The summed E-state index contributed by atoms with van der Waals surface area (Å²) in [6.07, 6.45) is 3.58. The molecule has 1 aromatic heterocycles. The van der Waals surface area contributed by atoms with E-state index in [9.17, 15) is 4.79 Å². The van der Waals surface area contributed by atoms with Gasteiger partial charge in [0.25, 0.3) is 0 Å². The lowest BCUT2D eigenvalue weighted by Gasteiger charge is -2.20. The van der Waals surface area contributed by atoms with E-state index in [2.05, 4.69) is 36.6 Å². The molecule has 1 aliphatic heterocycles. The summed E-state index contributed by atoms with van der Waals surface area (Å²) in [5.74, 6) is 0.365. The number of carbonyl (C=O) groups excluding carboxylic acids is 1. The smallest absolute Gasteiger partial charge is 0.248 e. The van der Waals surface area contributed by atoms with Crippen molar-refractivity contribution < 1.29 is 4.79 Å². The molecule has 2 N–H and O–H groups in total. The van der Waals surface area contributed by atoms with E-state index in [4.69, 9.17) is 0 Å². The number of aromatic nitrogens is 3. The second-order valence-electron chi connectivity index (χ2n) is 5.43. The SMILES string of the molecule is O=C(Nc1ncn(Cc2cccc(Br)c2)n1)C1CCCNC1. The molecule has 0 radical (unpaired) electrons. The zero-order valence-electron chi connectivity index (χ0n) is 12.1. The van der Waals surface area contributed by atoms with Crippen LogP contribution in [0.4, 0.5) is 5.95 Å². The maximum atomic E-state index is 12.1. The molecule has 1 aromatic carbocycles. The molecule has 6 nitrogen and oxygen atoms in total. The largest absolute Gasteiger partial charge is 0.316 e. The van der Waals surface area contributed by atoms with Gasteiger partial charge in [-0.3, -0.25) is 10.1 Å². The maximum Gasteiger partial charge on any atom is 0.248 e. The first-order chi connectivity index (χ1) is 10.7. The average molecular weight is 364 g/mol. The van der Waals surface area contributed by atoms with Crippen LogP contribution in [0.15, 0.2) is 35.1 Å². The van der Waals surface area contributed by atoms with Gasteiger partial charge in [-0.1, -0.05) is 28.1 Å². The summed E-state index contributed by atoms with van der Waals surface area (Å²) < 4.78 is 2.75. The first-order valence-corrected chi connectivity index (χ1v) is 8.15. The Hall–Kier alpha value is -1.73. The van der Waals surface area contributed by atoms with E-state index in [-0.39, 0.29) is 11.8 Å². The number of carbonyl (C=O) groups is 1. The topological polar surface area (TPSA) is 71.8 Å². The Kier molecular flexibility index (Phi) is 4.84. The zero-order valence-corrected chi connectivity index (χ0v) is 13.7. The quantitative estimate of drug-likeness (QED) is 0.871. The molecule has 22 heavy (non-hydrogen) atoms. The lowest BCUT2D eigenvalue weighted by molar-refractivity contribution is -0.120. The first-order valence-electron chi connectivity index (χ1n) is 7.36. The van der Waals surface area contributed by atoms with Crippen LogP contribution in [-0.4, -0.2) is 33.8 Å². The summed E-state index contributed by atoms with van der Waals surface area (Å²) in [6, 6.07) is 8.02. The molecule has 1 fully saturated rings. The molecule has 0 bridgehead atoms. The third kappa shape index (κ3) is 3.92. The Morgan fingerprint density at radius 1 is 1.50 bits per heavy atom. The minimum atomic E-state index is -0.00703. The highest BCUT2D eigenvalue weighted by Gasteiger charge is 2.21. The number of nitrogens with zero attached hydrogens (tertiary/aromatic N) is 3. The number of rotatable bonds is 4. The standard InChI is InChI=1S/C15H18BrN5O/c16-13-5-1-3-11(7-13)9-21-10-18-15(20-21)19-14(22)12-4-2-6-17-8-12/h1,3,5,7,10,12,17H,2,4,6,8-9H2,(H,19,20,22). The number of benzene rings is 1. The summed E-state index contributed by atoms with van der Waals surface area (Å²) in [6.45, 7) is 2.33.